The molecule has 2 atom stereocenters. The lowest BCUT2D eigenvalue weighted by atomic mass is 10.0. The fourth-order valence-electron chi connectivity index (χ4n) is 3.70. The molecule has 0 radical (unpaired) electrons. The van der Waals surface area contributed by atoms with Crippen LogP contribution < -0.4 is 0 Å². The lowest BCUT2D eigenvalue weighted by Crippen LogP contribution is -2.37. The summed E-state index contributed by atoms with van der Waals surface area (Å²) in [5, 5.41) is 0. The van der Waals surface area contributed by atoms with Crippen molar-refractivity contribution in [1.82, 2.24) is 4.90 Å². The molecule has 0 aliphatic heterocycles. The van der Waals surface area contributed by atoms with Crippen molar-refractivity contribution in [2.24, 2.45) is 17.8 Å². The Morgan fingerprint density at radius 1 is 1.05 bits per heavy atom. The molecule has 2 heteroatoms. The zero-order valence-corrected chi connectivity index (χ0v) is 11.3. The second-order valence-corrected chi connectivity index (χ2v) is 6.61. The third-order valence-corrected chi connectivity index (χ3v) is 5.06. The topological polar surface area (TPSA) is 20.3 Å². The second-order valence-electron chi connectivity index (χ2n) is 6.61. The molecule has 2 unspecified atom stereocenters. The second kappa shape index (κ2) is 4.36. The lowest BCUT2D eigenvalue weighted by molar-refractivity contribution is -0.137. The van der Waals surface area contributed by atoms with Crippen LogP contribution >= 0.6 is 0 Å². The minimum absolute atomic E-state index is 0.341. The van der Waals surface area contributed by atoms with Gasteiger partial charge in [0.1, 0.15) is 0 Å². The van der Waals surface area contributed by atoms with Crippen LogP contribution in [0.1, 0.15) is 37.7 Å². The van der Waals surface area contributed by atoms with Gasteiger partial charge in [-0.2, -0.15) is 0 Å². The summed E-state index contributed by atoms with van der Waals surface area (Å²) in [6.45, 7) is 0.816. The molecule has 19 heavy (non-hydrogen) atoms. The van der Waals surface area contributed by atoms with Gasteiger partial charge in [0.15, 0.2) is 0 Å². The third-order valence-electron chi connectivity index (χ3n) is 5.06. The predicted octanol–water partition coefficient (Wildman–Crippen LogP) is 3.22. The van der Waals surface area contributed by atoms with E-state index in [1.807, 2.05) is 6.07 Å². The summed E-state index contributed by atoms with van der Waals surface area (Å²) in [4.78, 5) is 14.9. The molecule has 0 bridgehead atoms. The van der Waals surface area contributed by atoms with Gasteiger partial charge in [-0.25, -0.2) is 0 Å². The van der Waals surface area contributed by atoms with Crippen LogP contribution in [0.15, 0.2) is 30.3 Å². The highest BCUT2D eigenvalue weighted by molar-refractivity contribution is 5.80. The van der Waals surface area contributed by atoms with Crippen LogP contribution in [0.25, 0.3) is 0 Å². The van der Waals surface area contributed by atoms with Gasteiger partial charge in [0.2, 0.25) is 5.91 Å². The number of hydrogen-bond donors (Lipinski definition) is 0. The maximum Gasteiger partial charge on any atom is 0.226 e. The number of carbonyl (C=O) groups excluding carboxylic acids is 1. The molecule has 3 saturated carbocycles. The van der Waals surface area contributed by atoms with Crippen LogP contribution in [0.3, 0.4) is 0 Å². The average molecular weight is 255 g/mol. The number of amides is 1. The minimum atomic E-state index is 0.341. The van der Waals surface area contributed by atoms with Crippen molar-refractivity contribution < 1.29 is 4.79 Å². The van der Waals surface area contributed by atoms with E-state index >= 15 is 0 Å². The van der Waals surface area contributed by atoms with Gasteiger partial charge >= 0.3 is 0 Å². The Labute approximate surface area is 114 Å². The molecule has 0 N–H and O–H groups in total. The van der Waals surface area contributed by atoms with E-state index in [0.717, 1.165) is 18.4 Å². The van der Waals surface area contributed by atoms with Crippen LogP contribution in [-0.4, -0.2) is 16.8 Å². The van der Waals surface area contributed by atoms with Crippen LogP contribution in [-0.2, 0) is 11.3 Å². The molecule has 1 aromatic carbocycles. The summed E-state index contributed by atoms with van der Waals surface area (Å²) in [5.74, 6) is 2.57. The van der Waals surface area contributed by atoms with Gasteiger partial charge in [-0.1, -0.05) is 30.3 Å². The molecule has 4 rings (SSSR count). The summed E-state index contributed by atoms with van der Waals surface area (Å²) in [7, 11) is 0. The number of carbonyl (C=O) groups is 1. The van der Waals surface area contributed by atoms with Gasteiger partial charge in [0.05, 0.1) is 0 Å². The van der Waals surface area contributed by atoms with E-state index in [2.05, 4.69) is 29.2 Å². The summed E-state index contributed by atoms with van der Waals surface area (Å²) < 4.78 is 0. The molecule has 1 amide bonds. The van der Waals surface area contributed by atoms with E-state index in [-0.39, 0.29) is 0 Å². The molecule has 3 aliphatic carbocycles. The number of nitrogens with zero attached hydrogens (tertiary/aromatic N) is 1. The molecule has 1 aromatic rings. The first-order chi connectivity index (χ1) is 9.31. The SMILES string of the molecule is O=C(C1CC2CC2C1)N(Cc1ccccc1)C1CC1. The molecule has 3 aliphatic rings. The lowest BCUT2D eigenvalue weighted by Gasteiger charge is -2.26. The van der Waals surface area contributed by atoms with Crippen molar-refractivity contribution in [1.29, 1.82) is 0 Å². The first-order valence-corrected chi connectivity index (χ1v) is 7.65. The van der Waals surface area contributed by atoms with Gasteiger partial charge in [-0.05, 0) is 49.5 Å². The van der Waals surface area contributed by atoms with Gasteiger partial charge in [0.25, 0.3) is 0 Å². The standard InChI is InChI=1S/C17H21NO/c19-17(15-9-13-8-14(13)10-15)18(16-6-7-16)11-12-4-2-1-3-5-12/h1-5,13-16H,6-11H2. The number of hydrogen-bond acceptors (Lipinski definition) is 1. The maximum atomic E-state index is 12.7. The highest BCUT2D eigenvalue weighted by atomic mass is 16.2. The molecule has 0 spiro atoms. The molecule has 0 saturated heterocycles. The fraction of sp³-hybridized carbons (Fsp3) is 0.588. The zero-order chi connectivity index (χ0) is 12.8. The summed E-state index contributed by atoms with van der Waals surface area (Å²) >= 11 is 0. The molecular formula is C17H21NO. The quantitative estimate of drug-likeness (QED) is 0.809. The molecular weight excluding hydrogens is 234 g/mol. The Bertz CT molecular complexity index is 469. The predicted molar refractivity (Wildman–Crippen MR) is 74.3 cm³/mol. The van der Waals surface area contributed by atoms with Crippen LogP contribution in [0.4, 0.5) is 0 Å². The Morgan fingerprint density at radius 3 is 2.37 bits per heavy atom. The van der Waals surface area contributed by atoms with Crippen LogP contribution in [0, 0.1) is 17.8 Å². The van der Waals surface area contributed by atoms with Crippen molar-refractivity contribution in [3.8, 4) is 0 Å². The minimum Gasteiger partial charge on any atom is -0.335 e. The Hall–Kier alpha value is -1.31. The van der Waals surface area contributed by atoms with Gasteiger partial charge in [0, 0.05) is 18.5 Å². The smallest absolute Gasteiger partial charge is 0.226 e. The Balaban J connectivity index is 1.47. The Kier molecular flexibility index (Phi) is 2.64. The van der Waals surface area contributed by atoms with E-state index in [9.17, 15) is 4.79 Å². The summed E-state index contributed by atoms with van der Waals surface area (Å²) in [5.41, 5.74) is 1.27. The van der Waals surface area contributed by atoms with E-state index in [4.69, 9.17) is 0 Å². The van der Waals surface area contributed by atoms with Crippen LogP contribution in [0.5, 0.6) is 0 Å². The van der Waals surface area contributed by atoms with E-state index in [0.29, 0.717) is 17.9 Å². The fourth-order valence-corrected chi connectivity index (χ4v) is 3.70. The molecule has 2 nitrogen and oxygen atoms in total. The van der Waals surface area contributed by atoms with E-state index < -0.39 is 0 Å². The van der Waals surface area contributed by atoms with Crippen LogP contribution in [0.2, 0.25) is 0 Å². The largest absolute Gasteiger partial charge is 0.335 e. The van der Waals surface area contributed by atoms with E-state index in [1.165, 1.54) is 37.7 Å². The van der Waals surface area contributed by atoms with Crippen molar-refractivity contribution in [2.75, 3.05) is 0 Å². The maximum absolute atomic E-state index is 12.7. The number of fused-ring (bicyclic) bond motifs is 1. The Morgan fingerprint density at radius 2 is 1.74 bits per heavy atom. The van der Waals surface area contributed by atoms with Crippen molar-refractivity contribution in [2.45, 2.75) is 44.7 Å². The molecule has 0 aromatic heterocycles. The van der Waals surface area contributed by atoms with Crippen molar-refractivity contribution in [3.63, 3.8) is 0 Å². The highest BCUT2D eigenvalue weighted by Gasteiger charge is 2.49. The molecule has 3 fully saturated rings. The molecule has 0 heterocycles. The third kappa shape index (κ3) is 2.29. The zero-order valence-electron chi connectivity index (χ0n) is 11.3. The number of rotatable bonds is 4. The average Bonchev–Trinajstić information content (AvgIpc) is 3.37. The first kappa shape index (κ1) is 11.5. The monoisotopic (exact) mass is 255 g/mol. The summed E-state index contributed by atoms with van der Waals surface area (Å²) in [6, 6.07) is 11.0. The van der Waals surface area contributed by atoms with Gasteiger partial charge < -0.3 is 4.90 Å². The highest BCUT2D eigenvalue weighted by Crippen LogP contribution is 2.55. The van der Waals surface area contributed by atoms with Gasteiger partial charge in [-0.3, -0.25) is 4.79 Å². The number of benzene rings is 1. The van der Waals surface area contributed by atoms with Gasteiger partial charge in [-0.15, -0.1) is 0 Å². The van der Waals surface area contributed by atoms with Crippen molar-refractivity contribution >= 4 is 5.91 Å². The first-order valence-electron chi connectivity index (χ1n) is 7.65. The van der Waals surface area contributed by atoms with E-state index in [1.54, 1.807) is 0 Å². The van der Waals surface area contributed by atoms with Crippen molar-refractivity contribution in [3.05, 3.63) is 35.9 Å². The molecule has 100 valence electrons. The summed E-state index contributed by atoms with van der Waals surface area (Å²) in [6.07, 6.45) is 6.14. The normalized spacial score (nSPS) is 31.9.